The molecule has 114 valence electrons. The molecule has 2 N–H and O–H groups in total. The Morgan fingerprint density at radius 3 is 2.57 bits per heavy atom. The van der Waals surface area contributed by atoms with Gasteiger partial charge in [0.1, 0.15) is 6.04 Å². The molecule has 0 saturated carbocycles. The Morgan fingerprint density at radius 2 is 2.00 bits per heavy atom. The number of hydrogen-bond donors (Lipinski definition) is 1. The van der Waals surface area contributed by atoms with E-state index >= 15 is 0 Å². The molecule has 1 atom stereocenters. The Hall–Kier alpha value is -2.14. The third-order valence-electron chi connectivity index (χ3n) is 2.88. The second-order valence-corrected chi connectivity index (χ2v) is 4.63. The highest BCUT2D eigenvalue weighted by atomic mass is 16.7. The fourth-order valence-electron chi connectivity index (χ4n) is 1.61. The van der Waals surface area contributed by atoms with Gasteiger partial charge in [0.2, 0.25) is 0 Å². The van der Waals surface area contributed by atoms with Crippen LogP contribution in [-0.2, 0) is 20.7 Å². The Balaban J connectivity index is 2.42. The maximum absolute atomic E-state index is 11.6. The van der Waals surface area contributed by atoms with Crippen LogP contribution in [0.5, 0.6) is 0 Å². The number of nitrogens with two attached hydrogens (primary N) is 1. The van der Waals surface area contributed by atoms with E-state index in [-0.39, 0.29) is 6.61 Å². The Kier molecular flexibility index (Phi) is 7.18. The van der Waals surface area contributed by atoms with Gasteiger partial charge in [0.25, 0.3) is 0 Å². The van der Waals surface area contributed by atoms with Gasteiger partial charge in [-0.05, 0) is 24.0 Å². The first-order valence-corrected chi connectivity index (χ1v) is 6.92. The van der Waals surface area contributed by atoms with Crippen LogP contribution in [0.3, 0.4) is 0 Å². The normalized spacial score (nSPS) is 11.5. The maximum atomic E-state index is 11.6. The monoisotopic (exact) mass is 291 g/mol. The van der Waals surface area contributed by atoms with Gasteiger partial charge in [0.05, 0.1) is 6.61 Å². The smallest absolute Gasteiger partial charge is 0.434 e. The second kappa shape index (κ2) is 8.92. The molecule has 0 saturated heterocycles. The molecule has 0 aromatic heterocycles. The highest BCUT2D eigenvalue weighted by molar-refractivity contribution is 5.85. The predicted molar refractivity (Wildman–Crippen MR) is 80.6 cm³/mol. The van der Waals surface area contributed by atoms with Crippen molar-refractivity contribution in [1.29, 1.82) is 0 Å². The zero-order valence-corrected chi connectivity index (χ0v) is 12.2. The molecule has 0 spiro atoms. The molecule has 0 bridgehead atoms. The highest BCUT2D eigenvalue weighted by Gasteiger charge is 2.20. The number of esters is 1. The molecule has 1 aromatic carbocycles. The standard InChI is InChI=1S/C16H21NO4/c1-3-5-10-20-16(19)21-15(18)14(17)11-13-8-6-12(4-2)7-9-13/h4,6-9,14H,2-3,5,10-11,17H2,1H3/t14-/m0/s1. The summed E-state index contributed by atoms with van der Waals surface area (Å²) in [4.78, 5) is 22.9. The molecule has 0 heterocycles. The van der Waals surface area contributed by atoms with Crippen LogP contribution < -0.4 is 5.73 Å². The van der Waals surface area contributed by atoms with Crippen molar-refractivity contribution in [3.05, 3.63) is 42.0 Å². The molecular formula is C16H21NO4. The van der Waals surface area contributed by atoms with Gasteiger partial charge in [-0.2, -0.15) is 0 Å². The topological polar surface area (TPSA) is 78.6 Å². The van der Waals surface area contributed by atoms with E-state index in [1.54, 1.807) is 6.08 Å². The molecule has 5 nitrogen and oxygen atoms in total. The minimum absolute atomic E-state index is 0.237. The summed E-state index contributed by atoms with van der Waals surface area (Å²) in [5.41, 5.74) is 7.58. The van der Waals surface area contributed by atoms with Gasteiger partial charge in [0.15, 0.2) is 0 Å². The van der Waals surface area contributed by atoms with Crippen LogP contribution in [0.15, 0.2) is 30.8 Å². The third kappa shape index (κ3) is 6.23. The number of carbonyl (C=O) groups is 2. The number of carbonyl (C=O) groups excluding carboxylic acids is 2. The quantitative estimate of drug-likeness (QED) is 0.474. The number of benzene rings is 1. The van der Waals surface area contributed by atoms with Crippen molar-refractivity contribution < 1.29 is 19.1 Å². The minimum atomic E-state index is -0.995. The van der Waals surface area contributed by atoms with Crippen LogP contribution in [0.2, 0.25) is 0 Å². The van der Waals surface area contributed by atoms with Crippen molar-refractivity contribution in [1.82, 2.24) is 0 Å². The number of rotatable bonds is 7. The summed E-state index contributed by atoms with van der Waals surface area (Å²) in [6.07, 6.45) is 2.64. The zero-order chi connectivity index (χ0) is 15.7. The van der Waals surface area contributed by atoms with Gasteiger partial charge in [-0.3, -0.25) is 0 Å². The van der Waals surface area contributed by atoms with Gasteiger partial charge in [-0.25, -0.2) is 9.59 Å². The molecule has 0 unspecified atom stereocenters. The lowest BCUT2D eigenvalue weighted by Crippen LogP contribution is -2.35. The Labute approximate surface area is 124 Å². The molecule has 1 aromatic rings. The summed E-state index contributed by atoms with van der Waals surface area (Å²) in [7, 11) is 0. The van der Waals surface area contributed by atoms with Crippen LogP contribution >= 0.6 is 0 Å². The zero-order valence-electron chi connectivity index (χ0n) is 12.2. The summed E-state index contributed by atoms with van der Waals surface area (Å²) in [6, 6.07) is 6.55. The van der Waals surface area contributed by atoms with Crippen LogP contribution in [0.4, 0.5) is 4.79 Å². The molecule has 0 radical (unpaired) electrons. The van der Waals surface area contributed by atoms with Gasteiger partial charge < -0.3 is 15.2 Å². The van der Waals surface area contributed by atoms with Gasteiger partial charge in [0, 0.05) is 0 Å². The Bertz CT molecular complexity index is 482. The van der Waals surface area contributed by atoms with Crippen LogP contribution in [0.25, 0.3) is 6.08 Å². The number of unbranched alkanes of at least 4 members (excludes halogenated alkanes) is 1. The number of hydrogen-bond acceptors (Lipinski definition) is 5. The van der Waals surface area contributed by atoms with Crippen molar-refractivity contribution in [2.75, 3.05) is 6.61 Å². The molecular weight excluding hydrogens is 270 g/mol. The average Bonchev–Trinajstić information content (AvgIpc) is 2.48. The molecule has 5 heteroatoms. The molecule has 0 aliphatic heterocycles. The van der Waals surface area contributed by atoms with Gasteiger partial charge in [-0.1, -0.05) is 50.3 Å². The lowest BCUT2D eigenvalue weighted by molar-refractivity contribution is -0.141. The van der Waals surface area contributed by atoms with Crippen molar-refractivity contribution >= 4 is 18.2 Å². The van der Waals surface area contributed by atoms with E-state index in [0.717, 1.165) is 24.0 Å². The van der Waals surface area contributed by atoms with Crippen molar-refractivity contribution in [3.63, 3.8) is 0 Å². The first kappa shape index (κ1) is 16.9. The maximum Gasteiger partial charge on any atom is 0.516 e. The van der Waals surface area contributed by atoms with Crippen LogP contribution in [-0.4, -0.2) is 24.8 Å². The first-order valence-electron chi connectivity index (χ1n) is 6.92. The molecule has 0 aliphatic carbocycles. The highest BCUT2D eigenvalue weighted by Crippen LogP contribution is 2.08. The van der Waals surface area contributed by atoms with Gasteiger partial charge in [-0.15, -0.1) is 0 Å². The fraction of sp³-hybridized carbons (Fsp3) is 0.375. The summed E-state index contributed by atoms with van der Waals surface area (Å²) >= 11 is 0. The molecule has 0 fully saturated rings. The van der Waals surface area contributed by atoms with E-state index in [9.17, 15) is 9.59 Å². The third-order valence-corrected chi connectivity index (χ3v) is 2.88. The van der Waals surface area contributed by atoms with E-state index in [2.05, 4.69) is 11.3 Å². The summed E-state index contributed by atoms with van der Waals surface area (Å²) in [6.45, 7) is 5.87. The van der Waals surface area contributed by atoms with E-state index in [0.29, 0.717) is 6.42 Å². The lowest BCUT2D eigenvalue weighted by Gasteiger charge is -2.10. The predicted octanol–water partition coefficient (Wildman–Crippen LogP) is 2.68. The van der Waals surface area contributed by atoms with Crippen LogP contribution in [0, 0.1) is 0 Å². The molecule has 1 rings (SSSR count). The first-order chi connectivity index (χ1) is 10.1. The Morgan fingerprint density at radius 1 is 1.33 bits per heavy atom. The summed E-state index contributed by atoms with van der Waals surface area (Å²) in [5, 5.41) is 0. The van der Waals surface area contributed by atoms with Crippen molar-refractivity contribution in [3.8, 4) is 0 Å². The van der Waals surface area contributed by atoms with E-state index in [1.165, 1.54) is 0 Å². The minimum Gasteiger partial charge on any atom is -0.434 e. The second-order valence-electron chi connectivity index (χ2n) is 4.63. The molecule has 0 aliphatic rings. The van der Waals surface area contributed by atoms with Crippen molar-refractivity contribution in [2.45, 2.75) is 32.2 Å². The van der Waals surface area contributed by atoms with Crippen LogP contribution in [0.1, 0.15) is 30.9 Å². The average molecular weight is 291 g/mol. The molecule has 21 heavy (non-hydrogen) atoms. The summed E-state index contributed by atoms with van der Waals surface area (Å²) in [5.74, 6) is -0.788. The van der Waals surface area contributed by atoms with Crippen molar-refractivity contribution in [2.24, 2.45) is 5.73 Å². The largest absolute Gasteiger partial charge is 0.516 e. The number of ether oxygens (including phenoxy) is 2. The van der Waals surface area contributed by atoms with Gasteiger partial charge >= 0.3 is 12.1 Å². The SMILES string of the molecule is C=Cc1ccc(C[C@H](N)C(=O)OC(=O)OCCCC)cc1. The van der Waals surface area contributed by atoms with E-state index in [4.69, 9.17) is 10.5 Å². The molecule has 0 amide bonds. The fourth-order valence-corrected chi connectivity index (χ4v) is 1.61. The van der Waals surface area contributed by atoms with E-state index < -0.39 is 18.2 Å². The lowest BCUT2D eigenvalue weighted by atomic mass is 10.0. The van der Waals surface area contributed by atoms with E-state index in [1.807, 2.05) is 31.2 Å². The summed E-state index contributed by atoms with van der Waals surface area (Å²) < 4.78 is 9.27.